The fourth-order valence-electron chi connectivity index (χ4n) is 1.62. The lowest BCUT2D eigenvalue weighted by Gasteiger charge is -2.15. The van der Waals surface area contributed by atoms with Crippen molar-refractivity contribution in [2.24, 2.45) is 0 Å². The number of hydrogen-bond donors (Lipinski definition) is 1. The summed E-state index contributed by atoms with van der Waals surface area (Å²) in [5.74, 6) is 0. The zero-order chi connectivity index (χ0) is 13.9. The van der Waals surface area contributed by atoms with E-state index in [0.717, 1.165) is 0 Å². The minimum atomic E-state index is -3.82. The van der Waals surface area contributed by atoms with Crippen LogP contribution in [0.15, 0.2) is 52.0 Å². The van der Waals surface area contributed by atoms with E-state index in [1.54, 1.807) is 30.5 Å². The van der Waals surface area contributed by atoms with Crippen molar-refractivity contribution in [1.82, 2.24) is 4.98 Å². The van der Waals surface area contributed by atoms with Gasteiger partial charge in [0.25, 0.3) is 6.47 Å². The first-order chi connectivity index (χ1) is 9.07. The van der Waals surface area contributed by atoms with Crippen molar-refractivity contribution in [1.29, 1.82) is 0 Å². The SMILES string of the molecule is O=COC(c1[nH]ccc1Br)S(=O)(=O)c1ccccc1. The quantitative estimate of drug-likeness (QED) is 0.846. The molecule has 0 radical (unpaired) electrons. The molecule has 0 saturated carbocycles. The van der Waals surface area contributed by atoms with Gasteiger partial charge in [0.2, 0.25) is 15.3 Å². The maximum absolute atomic E-state index is 12.4. The molecule has 100 valence electrons. The number of hydrogen-bond acceptors (Lipinski definition) is 4. The van der Waals surface area contributed by atoms with E-state index in [-0.39, 0.29) is 17.1 Å². The van der Waals surface area contributed by atoms with Gasteiger partial charge < -0.3 is 9.72 Å². The third-order valence-electron chi connectivity index (χ3n) is 2.49. The summed E-state index contributed by atoms with van der Waals surface area (Å²) in [6.07, 6.45) is 1.56. The maximum Gasteiger partial charge on any atom is 0.294 e. The Kier molecular flexibility index (Phi) is 4.06. The van der Waals surface area contributed by atoms with Gasteiger partial charge in [-0.05, 0) is 34.1 Å². The Bertz CT molecular complexity index is 666. The molecule has 7 heteroatoms. The molecule has 0 spiro atoms. The van der Waals surface area contributed by atoms with E-state index in [2.05, 4.69) is 20.9 Å². The lowest BCUT2D eigenvalue weighted by Crippen LogP contribution is -2.17. The van der Waals surface area contributed by atoms with Gasteiger partial charge in [-0.15, -0.1) is 0 Å². The van der Waals surface area contributed by atoms with E-state index in [4.69, 9.17) is 4.74 Å². The van der Waals surface area contributed by atoms with E-state index in [9.17, 15) is 13.2 Å². The molecule has 1 aromatic carbocycles. The molecule has 0 saturated heterocycles. The smallest absolute Gasteiger partial charge is 0.294 e. The third-order valence-corrected chi connectivity index (χ3v) is 5.03. The van der Waals surface area contributed by atoms with Gasteiger partial charge in [0, 0.05) is 10.7 Å². The number of rotatable bonds is 5. The van der Waals surface area contributed by atoms with Crippen LogP contribution in [0.3, 0.4) is 0 Å². The van der Waals surface area contributed by atoms with Gasteiger partial charge in [-0.1, -0.05) is 18.2 Å². The number of H-pyrrole nitrogens is 1. The zero-order valence-electron chi connectivity index (χ0n) is 9.62. The average molecular weight is 344 g/mol. The number of aromatic amines is 1. The van der Waals surface area contributed by atoms with Crippen LogP contribution >= 0.6 is 15.9 Å². The highest BCUT2D eigenvalue weighted by atomic mass is 79.9. The van der Waals surface area contributed by atoms with Crippen molar-refractivity contribution in [3.8, 4) is 0 Å². The molecule has 0 aliphatic carbocycles. The number of ether oxygens (including phenoxy) is 1. The Morgan fingerprint density at radius 2 is 1.89 bits per heavy atom. The number of nitrogens with one attached hydrogen (secondary N) is 1. The lowest BCUT2D eigenvalue weighted by atomic mass is 10.4. The highest BCUT2D eigenvalue weighted by Crippen LogP contribution is 2.32. The molecule has 1 atom stereocenters. The molecule has 0 amide bonds. The first kappa shape index (κ1) is 13.8. The Balaban J connectivity index is 2.51. The molecule has 0 aliphatic rings. The van der Waals surface area contributed by atoms with Crippen molar-refractivity contribution in [2.75, 3.05) is 0 Å². The summed E-state index contributed by atoms with van der Waals surface area (Å²) in [4.78, 5) is 13.4. The van der Waals surface area contributed by atoms with Crippen LogP contribution in [0.2, 0.25) is 0 Å². The van der Waals surface area contributed by atoms with Crippen LogP contribution in [-0.2, 0) is 19.4 Å². The fraction of sp³-hybridized carbons (Fsp3) is 0.0833. The van der Waals surface area contributed by atoms with Crippen LogP contribution in [0.5, 0.6) is 0 Å². The predicted octanol–water partition coefficient (Wildman–Crippen LogP) is 2.42. The average Bonchev–Trinajstić information content (AvgIpc) is 2.83. The normalized spacial score (nSPS) is 12.9. The van der Waals surface area contributed by atoms with Crippen molar-refractivity contribution in [2.45, 2.75) is 10.3 Å². The van der Waals surface area contributed by atoms with Gasteiger partial charge in [0.05, 0.1) is 10.6 Å². The third kappa shape index (κ3) is 2.71. The summed E-state index contributed by atoms with van der Waals surface area (Å²) >= 11 is 3.21. The standard InChI is InChI=1S/C12H10BrNO4S/c13-10-6-7-14-11(10)12(18-8-15)19(16,17)9-4-2-1-3-5-9/h1-8,12,14H. The number of carbonyl (C=O) groups is 1. The second-order valence-electron chi connectivity index (χ2n) is 3.66. The van der Waals surface area contributed by atoms with E-state index in [1.165, 1.54) is 12.1 Å². The molecule has 1 N–H and O–H groups in total. The number of benzene rings is 1. The molecule has 5 nitrogen and oxygen atoms in total. The van der Waals surface area contributed by atoms with Crippen molar-refractivity contribution in [3.63, 3.8) is 0 Å². The number of halogens is 1. The molecule has 0 aliphatic heterocycles. The lowest BCUT2D eigenvalue weighted by molar-refractivity contribution is -0.130. The van der Waals surface area contributed by atoms with E-state index in [1.807, 2.05) is 0 Å². The van der Waals surface area contributed by atoms with Gasteiger partial charge in [0.15, 0.2) is 0 Å². The highest BCUT2D eigenvalue weighted by molar-refractivity contribution is 9.10. The summed E-state index contributed by atoms with van der Waals surface area (Å²) < 4.78 is 30.2. The fourth-order valence-corrected chi connectivity index (χ4v) is 3.71. The van der Waals surface area contributed by atoms with Crippen LogP contribution in [-0.4, -0.2) is 19.9 Å². The second-order valence-corrected chi connectivity index (χ2v) is 6.51. The Hall–Kier alpha value is -1.60. The van der Waals surface area contributed by atoms with Gasteiger partial charge in [0.1, 0.15) is 0 Å². The minimum Gasteiger partial charge on any atom is -0.441 e. The second kappa shape index (κ2) is 5.58. The molecule has 19 heavy (non-hydrogen) atoms. The summed E-state index contributed by atoms with van der Waals surface area (Å²) in [7, 11) is -3.82. The molecular formula is C12H10BrNO4S. The Labute approximate surface area is 118 Å². The van der Waals surface area contributed by atoms with Crippen molar-refractivity contribution < 1.29 is 17.9 Å². The van der Waals surface area contributed by atoms with E-state index >= 15 is 0 Å². The van der Waals surface area contributed by atoms with Crippen LogP contribution in [0.1, 0.15) is 11.1 Å². The van der Waals surface area contributed by atoms with Crippen molar-refractivity contribution >= 4 is 32.2 Å². The topological polar surface area (TPSA) is 76.2 Å². The zero-order valence-corrected chi connectivity index (χ0v) is 12.0. The molecule has 2 rings (SSSR count). The summed E-state index contributed by atoms with van der Waals surface area (Å²) in [5, 5.41) is 0. The van der Waals surface area contributed by atoms with E-state index < -0.39 is 15.3 Å². The number of carbonyl (C=O) groups excluding carboxylic acids is 1. The number of sulfone groups is 1. The van der Waals surface area contributed by atoms with Gasteiger partial charge in [-0.2, -0.15) is 0 Å². The minimum absolute atomic E-state index is 0.0864. The monoisotopic (exact) mass is 343 g/mol. The van der Waals surface area contributed by atoms with Gasteiger partial charge in [-0.25, -0.2) is 8.42 Å². The van der Waals surface area contributed by atoms with E-state index in [0.29, 0.717) is 4.47 Å². The molecule has 0 bridgehead atoms. The van der Waals surface area contributed by atoms with Gasteiger partial charge in [-0.3, -0.25) is 4.79 Å². The summed E-state index contributed by atoms with van der Waals surface area (Å²) in [6, 6.07) is 9.46. The molecule has 1 heterocycles. The largest absolute Gasteiger partial charge is 0.441 e. The van der Waals surface area contributed by atoms with Crippen molar-refractivity contribution in [3.05, 3.63) is 52.8 Å². The highest BCUT2D eigenvalue weighted by Gasteiger charge is 2.33. The molecule has 1 aromatic heterocycles. The van der Waals surface area contributed by atoms with Crippen LogP contribution in [0, 0.1) is 0 Å². The predicted molar refractivity (Wildman–Crippen MR) is 72.0 cm³/mol. The Morgan fingerprint density at radius 1 is 1.21 bits per heavy atom. The maximum atomic E-state index is 12.4. The molecule has 0 fully saturated rings. The van der Waals surface area contributed by atoms with Gasteiger partial charge >= 0.3 is 0 Å². The van der Waals surface area contributed by atoms with Crippen LogP contribution < -0.4 is 0 Å². The first-order valence-electron chi connectivity index (χ1n) is 5.28. The van der Waals surface area contributed by atoms with Crippen LogP contribution in [0.4, 0.5) is 0 Å². The summed E-state index contributed by atoms with van der Waals surface area (Å²) in [6.45, 7) is 0.123. The Morgan fingerprint density at radius 3 is 2.42 bits per heavy atom. The van der Waals surface area contributed by atoms with Crippen LogP contribution in [0.25, 0.3) is 0 Å². The first-order valence-corrected chi connectivity index (χ1v) is 7.62. The number of aromatic nitrogens is 1. The molecule has 2 aromatic rings. The summed E-state index contributed by atoms with van der Waals surface area (Å²) in [5.41, 5.74) is -1.13. The molecule has 1 unspecified atom stereocenters. The molecular weight excluding hydrogens is 334 g/mol.